The van der Waals surface area contributed by atoms with Crippen LogP contribution in [0.3, 0.4) is 0 Å². The second-order valence-corrected chi connectivity index (χ2v) is 10.1. The van der Waals surface area contributed by atoms with Crippen LogP contribution in [-0.4, -0.2) is 61.7 Å². The van der Waals surface area contributed by atoms with Crippen molar-refractivity contribution in [2.45, 2.75) is 90.7 Å². The Labute approximate surface area is 216 Å². The summed E-state index contributed by atoms with van der Waals surface area (Å²) < 4.78 is 64.0. The third-order valence-electron chi connectivity index (χ3n) is 5.09. The van der Waals surface area contributed by atoms with Crippen molar-refractivity contribution in [1.29, 1.82) is 0 Å². The third kappa shape index (κ3) is 12.5. The van der Waals surface area contributed by atoms with Crippen LogP contribution in [0, 0.1) is 0 Å². The smallest absolute Gasteiger partial charge is 0.444 e. The first-order valence-electron chi connectivity index (χ1n) is 12.2. The number of carbonyl (C=O) groups is 1. The monoisotopic (exact) mass is 539 g/mol. The molecule has 2 unspecified atom stereocenters. The Hall–Kier alpha value is -1.75. The molecule has 0 saturated carbocycles. The van der Waals surface area contributed by atoms with Crippen molar-refractivity contribution in [2.24, 2.45) is 0 Å². The van der Waals surface area contributed by atoms with Gasteiger partial charge in [-0.15, -0.1) is 13.2 Å². The molecule has 1 heterocycles. The first-order chi connectivity index (χ1) is 16.8. The van der Waals surface area contributed by atoms with E-state index in [1.54, 1.807) is 20.8 Å². The van der Waals surface area contributed by atoms with E-state index in [1.165, 1.54) is 17.0 Å². The molecule has 1 saturated heterocycles. The van der Waals surface area contributed by atoms with E-state index in [0.29, 0.717) is 38.2 Å². The maximum atomic E-state index is 12.7. The summed E-state index contributed by atoms with van der Waals surface area (Å²) in [6, 6.07) is 3.92. The fraction of sp³-hybridized carbons (Fsp3) is 0.720. The lowest BCUT2D eigenvalue weighted by Crippen LogP contribution is -2.37. The summed E-state index contributed by atoms with van der Waals surface area (Å²) in [5, 5.41) is -0.197. The van der Waals surface area contributed by atoms with Gasteiger partial charge in [0.15, 0.2) is 6.29 Å². The van der Waals surface area contributed by atoms with Crippen LogP contribution >= 0.6 is 11.6 Å². The molecule has 0 aromatic heterocycles. The summed E-state index contributed by atoms with van der Waals surface area (Å²) in [7, 11) is 0. The fourth-order valence-corrected chi connectivity index (χ4v) is 3.75. The molecule has 0 aliphatic carbocycles. The van der Waals surface area contributed by atoms with Crippen molar-refractivity contribution in [3.8, 4) is 5.75 Å². The predicted octanol–water partition coefficient (Wildman–Crippen LogP) is 6.70. The van der Waals surface area contributed by atoms with Crippen molar-refractivity contribution >= 4 is 17.7 Å². The van der Waals surface area contributed by atoms with Gasteiger partial charge in [0, 0.05) is 26.3 Å². The zero-order valence-electron chi connectivity index (χ0n) is 21.4. The molecule has 1 aliphatic heterocycles. The molecule has 206 valence electrons. The molecule has 1 aromatic rings. The summed E-state index contributed by atoms with van der Waals surface area (Å²) in [6.45, 7) is 9.39. The summed E-state index contributed by atoms with van der Waals surface area (Å²) in [5.74, 6) is -0.498. The maximum absolute atomic E-state index is 12.7. The van der Waals surface area contributed by atoms with Crippen molar-refractivity contribution in [1.82, 2.24) is 4.90 Å². The summed E-state index contributed by atoms with van der Waals surface area (Å²) in [6.07, 6.45) is -1.21. The standard InChI is InChI=1S/C25H37ClF3NO6/c1-18(34-22-9-5-7-14-33-22)17-32-13-8-6-12-30(23(31)36-24(2,3)4)16-19-10-11-21(20(26)15-19)35-25(27,28)29/h10-11,15,18,22H,5-9,12-14,16-17H2,1-4H3. The van der Waals surface area contributed by atoms with Gasteiger partial charge >= 0.3 is 12.5 Å². The van der Waals surface area contributed by atoms with Crippen LogP contribution in [0.2, 0.25) is 5.02 Å². The predicted molar refractivity (Wildman–Crippen MR) is 129 cm³/mol. The van der Waals surface area contributed by atoms with Gasteiger partial charge in [0.2, 0.25) is 0 Å². The minimum absolute atomic E-state index is 0.0830. The molecule has 0 radical (unpaired) electrons. The maximum Gasteiger partial charge on any atom is 0.573 e. The highest BCUT2D eigenvalue weighted by molar-refractivity contribution is 6.32. The Morgan fingerprint density at radius 1 is 1.22 bits per heavy atom. The summed E-state index contributed by atoms with van der Waals surface area (Å²) >= 11 is 5.96. The summed E-state index contributed by atoms with van der Waals surface area (Å²) in [5.41, 5.74) is -0.147. The van der Waals surface area contributed by atoms with Gasteiger partial charge in [0.05, 0.1) is 17.7 Å². The second kappa shape index (κ2) is 14.3. The minimum Gasteiger partial charge on any atom is -0.444 e. The molecule has 1 amide bonds. The molecule has 1 aliphatic rings. The number of halogens is 4. The molecule has 1 fully saturated rings. The van der Waals surface area contributed by atoms with E-state index in [2.05, 4.69) is 4.74 Å². The first-order valence-corrected chi connectivity index (χ1v) is 12.6. The highest BCUT2D eigenvalue weighted by atomic mass is 35.5. The van der Waals surface area contributed by atoms with Gasteiger partial charge in [-0.25, -0.2) is 4.79 Å². The normalized spacial score (nSPS) is 17.5. The second-order valence-electron chi connectivity index (χ2n) is 9.74. The Kier molecular flexibility index (Phi) is 12.1. The topological polar surface area (TPSA) is 66.5 Å². The van der Waals surface area contributed by atoms with Gasteiger partial charge in [0.25, 0.3) is 0 Å². The number of carbonyl (C=O) groups excluding carboxylic acids is 1. The number of unbranched alkanes of at least 4 members (excludes halogenated alkanes) is 1. The van der Waals surface area contributed by atoms with Crippen LogP contribution in [0.5, 0.6) is 5.75 Å². The molecular formula is C25H37ClF3NO6. The molecular weight excluding hydrogens is 503 g/mol. The summed E-state index contributed by atoms with van der Waals surface area (Å²) in [4.78, 5) is 14.2. The minimum atomic E-state index is -4.84. The number of hydrogen-bond donors (Lipinski definition) is 0. The van der Waals surface area contributed by atoms with Gasteiger partial charge < -0.3 is 28.6 Å². The van der Waals surface area contributed by atoms with Crippen molar-refractivity contribution in [3.63, 3.8) is 0 Å². The SMILES string of the molecule is CC(COCCCCN(Cc1ccc(OC(F)(F)F)c(Cl)c1)C(=O)OC(C)(C)C)OC1CCCCO1. The quantitative estimate of drug-likeness (QED) is 0.275. The lowest BCUT2D eigenvalue weighted by molar-refractivity contribution is -0.274. The lowest BCUT2D eigenvalue weighted by Gasteiger charge is -2.28. The number of nitrogens with zero attached hydrogens (tertiary/aromatic N) is 1. The van der Waals surface area contributed by atoms with E-state index < -0.39 is 23.8 Å². The van der Waals surface area contributed by atoms with E-state index >= 15 is 0 Å². The van der Waals surface area contributed by atoms with Crippen molar-refractivity contribution in [2.75, 3.05) is 26.4 Å². The first kappa shape index (κ1) is 30.5. The van der Waals surface area contributed by atoms with Gasteiger partial charge in [-0.05, 0) is 77.5 Å². The van der Waals surface area contributed by atoms with E-state index in [4.69, 9.17) is 30.5 Å². The fourth-order valence-electron chi connectivity index (χ4n) is 3.50. The van der Waals surface area contributed by atoms with Crippen LogP contribution in [0.25, 0.3) is 0 Å². The molecule has 1 aromatic carbocycles. The Bertz CT molecular complexity index is 812. The Morgan fingerprint density at radius 2 is 1.97 bits per heavy atom. The van der Waals surface area contributed by atoms with Gasteiger partial charge in [-0.3, -0.25) is 0 Å². The molecule has 0 bridgehead atoms. The number of rotatable bonds is 12. The van der Waals surface area contributed by atoms with E-state index in [9.17, 15) is 18.0 Å². The molecule has 0 spiro atoms. The highest BCUT2D eigenvalue weighted by Gasteiger charge is 2.32. The Morgan fingerprint density at radius 3 is 2.58 bits per heavy atom. The Balaban J connectivity index is 1.83. The molecule has 36 heavy (non-hydrogen) atoms. The number of benzene rings is 1. The van der Waals surface area contributed by atoms with Gasteiger partial charge in [0.1, 0.15) is 11.4 Å². The van der Waals surface area contributed by atoms with Crippen LogP contribution in [0.4, 0.5) is 18.0 Å². The van der Waals surface area contributed by atoms with E-state index in [0.717, 1.165) is 31.9 Å². The van der Waals surface area contributed by atoms with Crippen molar-refractivity contribution in [3.05, 3.63) is 28.8 Å². The number of alkyl halides is 3. The largest absolute Gasteiger partial charge is 0.573 e. The van der Waals surface area contributed by atoms with Crippen molar-refractivity contribution < 1.29 is 41.7 Å². The number of ether oxygens (including phenoxy) is 5. The molecule has 2 atom stereocenters. The van der Waals surface area contributed by atoms with Crippen LogP contribution in [0.15, 0.2) is 18.2 Å². The zero-order valence-corrected chi connectivity index (χ0v) is 22.1. The van der Waals surface area contributed by atoms with E-state index in [-0.39, 0.29) is 24.0 Å². The molecule has 2 rings (SSSR count). The van der Waals surface area contributed by atoms with Crippen LogP contribution in [0.1, 0.15) is 65.4 Å². The van der Waals surface area contributed by atoms with Gasteiger partial charge in [-0.2, -0.15) is 0 Å². The third-order valence-corrected chi connectivity index (χ3v) is 5.38. The number of hydrogen-bond acceptors (Lipinski definition) is 6. The zero-order chi connectivity index (χ0) is 26.8. The van der Waals surface area contributed by atoms with Gasteiger partial charge in [-0.1, -0.05) is 17.7 Å². The molecule has 7 nitrogen and oxygen atoms in total. The van der Waals surface area contributed by atoms with Crippen LogP contribution in [-0.2, 0) is 25.5 Å². The highest BCUT2D eigenvalue weighted by Crippen LogP contribution is 2.31. The molecule has 11 heteroatoms. The average Bonchev–Trinajstić information content (AvgIpc) is 2.75. The average molecular weight is 540 g/mol. The van der Waals surface area contributed by atoms with E-state index in [1.807, 2.05) is 6.92 Å². The lowest BCUT2D eigenvalue weighted by atomic mass is 10.2. The number of amides is 1. The van der Waals surface area contributed by atoms with Crippen LogP contribution < -0.4 is 4.74 Å². The molecule has 0 N–H and O–H groups in total.